The van der Waals surface area contributed by atoms with Crippen molar-refractivity contribution < 1.29 is 0 Å². The molecule has 2 bridgehead atoms. The largest absolute Gasteiger partial charge is 0.148 e. The Kier molecular flexibility index (Phi) is 3.21. The van der Waals surface area contributed by atoms with Crippen LogP contribution in [0.1, 0.15) is 52.4 Å². The number of fused-ring (bicyclic) bond motifs is 2. The Morgan fingerprint density at radius 1 is 1.27 bits per heavy atom. The standard InChI is InChI=1S/C14H24S/c1-10-4-12-6-13(5-10)9-14(3,8-12)7-11(2)15/h10,12-13,15H,2,4-9H2,1,3H3. The van der Waals surface area contributed by atoms with Crippen molar-refractivity contribution >= 4 is 12.6 Å². The lowest BCUT2D eigenvalue weighted by atomic mass is 9.58. The fourth-order valence-corrected chi connectivity index (χ4v) is 4.73. The normalized spacial score (nSPS) is 45.1. The Morgan fingerprint density at radius 3 is 2.27 bits per heavy atom. The summed E-state index contributed by atoms with van der Waals surface area (Å²) in [6.45, 7) is 8.85. The molecule has 0 aromatic rings. The van der Waals surface area contributed by atoms with E-state index in [0.29, 0.717) is 5.41 Å². The van der Waals surface area contributed by atoms with E-state index >= 15 is 0 Å². The Labute approximate surface area is 99.9 Å². The van der Waals surface area contributed by atoms with Gasteiger partial charge in [0.2, 0.25) is 0 Å². The van der Waals surface area contributed by atoms with Gasteiger partial charge >= 0.3 is 0 Å². The summed E-state index contributed by atoms with van der Waals surface area (Å²) < 4.78 is 0. The number of allylic oxidation sites excluding steroid dienone is 1. The number of rotatable bonds is 2. The van der Waals surface area contributed by atoms with Gasteiger partial charge < -0.3 is 0 Å². The van der Waals surface area contributed by atoms with Crippen LogP contribution >= 0.6 is 12.6 Å². The second-order valence-electron chi connectivity index (χ2n) is 6.51. The molecule has 0 saturated heterocycles. The van der Waals surface area contributed by atoms with Crippen LogP contribution in [0.15, 0.2) is 11.5 Å². The first-order chi connectivity index (χ1) is 6.97. The molecule has 2 aliphatic rings. The molecular formula is C14H24S. The molecule has 0 nitrogen and oxygen atoms in total. The van der Waals surface area contributed by atoms with Gasteiger partial charge in [0.15, 0.2) is 0 Å². The summed E-state index contributed by atoms with van der Waals surface area (Å²) in [4.78, 5) is 1.07. The predicted octanol–water partition coefficient (Wildman–Crippen LogP) is 4.67. The highest BCUT2D eigenvalue weighted by Gasteiger charge is 2.40. The monoisotopic (exact) mass is 224 g/mol. The summed E-state index contributed by atoms with van der Waals surface area (Å²) in [7, 11) is 0. The molecule has 1 heteroatoms. The zero-order chi connectivity index (χ0) is 11.1. The summed E-state index contributed by atoms with van der Waals surface area (Å²) in [5.41, 5.74) is 0.507. The SMILES string of the molecule is C=C(S)CC1(C)CC2CC(C)CC(C2)C1. The number of hydrogen-bond acceptors (Lipinski definition) is 1. The van der Waals surface area contributed by atoms with Gasteiger partial charge in [-0.3, -0.25) is 0 Å². The molecule has 2 atom stereocenters. The van der Waals surface area contributed by atoms with Crippen molar-refractivity contribution in [3.8, 4) is 0 Å². The summed E-state index contributed by atoms with van der Waals surface area (Å²) in [5.74, 6) is 2.95. The van der Waals surface area contributed by atoms with Gasteiger partial charge in [0.05, 0.1) is 0 Å². The second-order valence-corrected chi connectivity index (χ2v) is 7.14. The highest BCUT2D eigenvalue weighted by atomic mass is 32.1. The van der Waals surface area contributed by atoms with Gasteiger partial charge in [-0.2, -0.15) is 0 Å². The first kappa shape index (κ1) is 11.6. The highest BCUT2D eigenvalue weighted by molar-refractivity contribution is 7.84. The van der Waals surface area contributed by atoms with E-state index in [1.165, 1.54) is 32.1 Å². The van der Waals surface area contributed by atoms with Crippen LogP contribution < -0.4 is 0 Å². The molecule has 0 N–H and O–H groups in total. The minimum atomic E-state index is 0.507. The third kappa shape index (κ3) is 2.81. The van der Waals surface area contributed by atoms with Gasteiger partial charge in [0, 0.05) is 0 Å². The molecular weight excluding hydrogens is 200 g/mol. The van der Waals surface area contributed by atoms with E-state index in [2.05, 4.69) is 33.1 Å². The van der Waals surface area contributed by atoms with Crippen LogP contribution in [-0.2, 0) is 0 Å². The van der Waals surface area contributed by atoms with Crippen LogP contribution in [-0.4, -0.2) is 0 Å². The summed E-state index contributed by atoms with van der Waals surface area (Å²) in [5, 5.41) is 0. The minimum Gasteiger partial charge on any atom is -0.148 e. The van der Waals surface area contributed by atoms with Crippen molar-refractivity contribution in [3.63, 3.8) is 0 Å². The van der Waals surface area contributed by atoms with E-state index in [4.69, 9.17) is 0 Å². The van der Waals surface area contributed by atoms with Gasteiger partial charge in [0.25, 0.3) is 0 Å². The quantitative estimate of drug-likeness (QED) is 0.647. The zero-order valence-corrected chi connectivity index (χ0v) is 11.0. The molecule has 0 aliphatic heterocycles. The fraction of sp³-hybridized carbons (Fsp3) is 0.857. The van der Waals surface area contributed by atoms with Crippen LogP contribution in [0, 0.1) is 23.2 Å². The molecule has 2 rings (SSSR count). The molecule has 86 valence electrons. The second kappa shape index (κ2) is 4.16. The van der Waals surface area contributed by atoms with Gasteiger partial charge in [-0.25, -0.2) is 0 Å². The summed E-state index contributed by atoms with van der Waals surface area (Å²) in [6.07, 6.45) is 8.37. The lowest BCUT2D eigenvalue weighted by Crippen LogP contribution is -2.36. The van der Waals surface area contributed by atoms with Crippen molar-refractivity contribution in [2.24, 2.45) is 23.2 Å². The maximum Gasteiger partial charge on any atom is -0.0173 e. The van der Waals surface area contributed by atoms with Crippen molar-refractivity contribution in [1.29, 1.82) is 0 Å². The fourth-order valence-electron chi connectivity index (χ4n) is 4.35. The topological polar surface area (TPSA) is 0 Å². The van der Waals surface area contributed by atoms with Crippen molar-refractivity contribution in [3.05, 3.63) is 11.5 Å². The van der Waals surface area contributed by atoms with Gasteiger partial charge in [-0.1, -0.05) is 20.4 Å². The molecule has 0 aromatic heterocycles. The van der Waals surface area contributed by atoms with Crippen LogP contribution in [0.25, 0.3) is 0 Å². The third-order valence-corrected chi connectivity index (χ3v) is 4.49. The van der Waals surface area contributed by atoms with E-state index in [-0.39, 0.29) is 0 Å². The highest BCUT2D eigenvalue weighted by Crippen LogP contribution is 2.52. The molecule has 2 aliphatic carbocycles. The lowest BCUT2D eigenvalue weighted by Gasteiger charge is -2.47. The summed E-state index contributed by atoms with van der Waals surface area (Å²) in [6, 6.07) is 0. The first-order valence-corrected chi connectivity index (χ1v) is 6.78. The average molecular weight is 224 g/mol. The van der Waals surface area contributed by atoms with E-state index in [1.54, 1.807) is 0 Å². The maximum atomic E-state index is 4.39. The average Bonchev–Trinajstić information content (AvgIpc) is 1.96. The van der Waals surface area contributed by atoms with Gasteiger partial charge in [-0.15, -0.1) is 12.6 Å². The number of hydrogen-bond donors (Lipinski definition) is 1. The third-order valence-electron chi connectivity index (χ3n) is 4.33. The van der Waals surface area contributed by atoms with E-state index in [1.807, 2.05) is 0 Å². The van der Waals surface area contributed by atoms with E-state index < -0.39 is 0 Å². The van der Waals surface area contributed by atoms with Crippen LogP contribution in [0.5, 0.6) is 0 Å². The molecule has 15 heavy (non-hydrogen) atoms. The molecule has 2 unspecified atom stereocenters. The molecule has 0 heterocycles. The molecule has 0 amide bonds. The number of thiol groups is 1. The maximum absolute atomic E-state index is 4.39. The van der Waals surface area contributed by atoms with Crippen LogP contribution in [0.4, 0.5) is 0 Å². The van der Waals surface area contributed by atoms with Crippen LogP contribution in [0.3, 0.4) is 0 Å². The lowest BCUT2D eigenvalue weighted by molar-refractivity contribution is 0.0480. The Balaban J connectivity index is 2.03. The van der Waals surface area contributed by atoms with Crippen molar-refractivity contribution in [1.82, 2.24) is 0 Å². The van der Waals surface area contributed by atoms with Gasteiger partial charge in [0.1, 0.15) is 0 Å². The minimum absolute atomic E-state index is 0.507. The Morgan fingerprint density at radius 2 is 1.80 bits per heavy atom. The zero-order valence-electron chi connectivity index (χ0n) is 10.1. The van der Waals surface area contributed by atoms with Crippen molar-refractivity contribution in [2.75, 3.05) is 0 Å². The molecule has 0 aromatic carbocycles. The molecule has 0 radical (unpaired) electrons. The predicted molar refractivity (Wildman–Crippen MR) is 70.1 cm³/mol. The Bertz CT molecular complexity index is 238. The summed E-state index contributed by atoms with van der Waals surface area (Å²) >= 11 is 4.39. The Hall–Kier alpha value is 0.0900. The van der Waals surface area contributed by atoms with E-state index in [0.717, 1.165) is 29.1 Å². The van der Waals surface area contributed by atoms with Crippen molar-refractivity contribution in [2.45, 2.75) is 52.4 Å². The van der Waals surface area contributed by atoms with E-state index in [9.17, 15) is 0 Å². The smallest absolute Gasteiger partial charge is 0.0173 e. The van der Waals surface area contributed by atoms with Crippen LogP contribution in [0.2, 0.25) is 0 Å². The molecule has 2 saturated carbocycles. The van der Waals surface area contributed by atoms with Gasteiger partial charge in [-0.05, 0) is 66.6 Å². The first-order valence-electron chi connectivity index (χ1n) is 6.33. The molecule has 2 fully saturated rings. The molecule has 0 spiro atoms.